The summed E-state index contributed by atoms with van der Waals surface area (Å²) in [6.07, 6.45) is 0.366. The Hall–Kier alpha value is -5.77. The summed E-state index contributed by atoms with van der Waals surface area (Å²) in [6.45, 7) is 2.54. The zero-order valence-electron chi connectivity index (χ0n) is 29.3. The molecule has 0 heterocycles. The number of unbranched alkanes of at least 4 members (excludes halogenated alkanes) is 1. The fourth-order valence-corrected chi connectivity index (χ4v) is 6.41. The van der Waals surface area contributed by atoms with Crippen LogP contribution in [-0.4, -0.2) is 46.7 Å². The first kappa shape index (κ1) is 37.5. The Bertz CT molecular complexity index is 1830. The van der Waals surface area contributed by atoms with Gasteiger partial charge in [-0.15, -0.1) is 0 Å². The van der Waals surface area contributed by atoms with Crippen molar-refractivity contribution in [3.63, 3.8) is 0 Å². The van der Waals surface area contributed by atoms with Crippen LogP contribution in [0.5, 0.6) is 0 Å². The van der Waals surface area contributed by atoms with Crippen molar-refractivity contribution in [2.45, 2.75) is 56.8 Å². The molecular weight excluding hydrogens is 652 g/mol. The summed E-state index contributed by atoms with van der Waals surface area (Å²) < 4.78 is 0. The van der Waals surface area contributed by atoms with E-state index >= 15 is 0 Å². The van der Waals surface area contributed by atoms with E-state index in [9.17, 15) is 24.6 Å². The smallest absolute Gasteiger partial charge is 0.405 e. The van der Waals surface area contributed by atoms with Crippen LogP contribution >= 0.6 is 0 Å². The molecule has 0 radical (unpaired) electrons. The lowest BCUT2D eigenvalue weighted by Gasteiger charge is -2.37. The summed E-state index contributed by atoms with van der Waals surface area (Å²) in [6, 6.07) is 43.1. The van der Waals surface area contributed by atoms with Crippen LogP contribution in [0.3, 0.4) is 0 Å². The minimum Gasteiger partial charge on any atom is -0.465 e. The van der Waals surface area contributed by atoms with Crippen LogP contribution in [-0.2, 0) is 28.2 Å². The molecule has 0 aliphatic carbocycles. The van der Waals surface area contributed by atoms with E-state index < -0.39 is 35.5 Å². The van der Waals surface area contributed by atoms with Crippen molar-refractivity contribution in [3.05, 3.63) is 173 Å². The molecule has 0 fully saturated rings. The number of nitrogens with one attached hydrogen (secondary N) is 4. The third kappa shape index (κ3) is 9.93. The summed E-state index contributed by atoms with van der Waals surface area (Å²) in [5, 5.41) is 30.9. The third-order valence-electron chi connectivity index (χ3n) is 9.14. The lowest BCUT2D eigenvalue weighted by molar-refractivity contribution is -0.128. The molecule has 268 valence electrons. The minimum atomic E-state index is -1.33. The predicted molar refractivity (Wildman–Crippen MR) is 204 cm³/mol. The van der Waals surface area contributed by atoms with Gasteiger partial charge in [-0.1, -0.05) is 133 Å². The van der Waals surface area contributed by atoms with E-state index in [0.29, 0.717) is 37.1 Å². The van der Waals surface area contributed by atoms with Gasteiger partial charge in [0.1, 0.15) is 12.1 Å². The number of aliphatic hydroxyl groups excluding tert-OH is 1. The van der Waals surface area contributed by atoms with Crippen molar-refractivity contribution >= 4 is 23.6 Å². The van der Waals surface area contributed by atoms with E-state index in [-0.39, 0.29) is 13.0 Å². The molecule has 0 bridgehead atoms. The number of benzene rings is 5. The first-order valence-electron chi connectivity index (χ1n) is 17.6. The van der Waals surface area contributed by atoms with Gasteiger partial charge in [0.05, 0.1) is 12.1 Å². The molecule has 5 rings (SSSR count). The molecule has 6 N–H and O–H groups in total. The Kier molecular flexibility index (Phi) is 13.3. The van der Waals surface area contributed by atoms with Gasteiger partial charge >= 0.3 is 6.09 Å². The Balaban J connectivity index is 1.34. The number of carbonyl (C=O) groups is 3. The van der Waals surface area contributed by atoms with Crippen LogP contribution in [0.4, 0.5) is 10.5 Å². The largest absolute Gasteiger partial charge is 0.465 e. The Labute approximate surface area is 305 Å². The molecule has 0 aromatic heterocycles. The van der Waals surface area contributed by atoms with E-state index in [1.165, 1.54) is 5.56 Å². The Morgan fingerprint density at radius 2 is 1.17 bits per heavy atom. The maximum absolute atomic E-state index is 13.7. The summed E-state index contributed by atoms with van der Waals surface area (Å²) in [7, 11) is 0. The summed E-state index contributed by atoms with van der Waals surface area (Å²) in [5.74, 6) is -1.01. The van der Waals surface area contributed by atoms with Crippen molar-refractivity contribution in [1.29, 1.82) is 0 Å². The lowest BCUT2D eigenvalue weighted by atomic mass is 9.76. The second kappa shape index (κ2) is 18.5. The number of aryl methyl sites for hydroxylation is 1. The maximum Gasteiger partial charge on any atom is 0.405 e. The monoisotopic (exact) mass is 698 g/mol. The molecule has 5 aromatic carbocycles. The molecule has 9 nitrogen and oxygen atoms in total. The van der Waals surface area contributed by atoms with Crippen LogP contribution < -0.4 is 21.3 Å². The lowest BCUT2D eigenvalue weighted by Crippen LogP contribution is -2.53. The highest BCUT2D eigenvalue weighted by molar-refractivity contribution is 5.98. The SMILES string of the molecule is Cc1ccc(C(NCCCCC(NC(=O)C(Cc2ccccc2)NC(=O)O)C(=O)Nc2ccc(CO)cc2)(c2ccccc2)c2ccccc2)cc1. The van der Waals surface area contributed by atoms with Crippen molar-refractivity contribution < 1.29 is 24.6 Å². The standard InChI is InChI=1S/C43H46N4O5/c1-31-20-24-36(25-21-31)43(34-15-7-3-8-16-34,35-17-9-4-10-18-35)44-28-12-11-19-38(40(49)45-37-26-22-33(30-48)23-27-37)46-41(50)39(47-42(51)52)29-32-13-5-2-6-14-32/h2-10,13-18,20-27,38-39,44,47-48H,11-12,19,28-30H2,1H3,(H,45,49)(H,46,50)(H,51,52). The van der Waals surface area contributed by atoms with Crippen LogP contribution in [0.15, 0.2) is 140 Å². The highest BCUT2D eigenvalue weighted by Crippen LogP contribution is 2.37. The molecule has 0 spiro atoms. The van der Waals surface area contributed by atoms with E-state index in [4.69, 9.17) is 0 Å². The van der Waals surface area contributed by atoms with Gasteiger partial charge in [-0.2, -0.15) is 0 Å². The Morgan fingerprint density at radius 3 is 1.73 bits per heavy atom. The Morgan fingerprint density at radius 1 is 0.615 bits per heavy atom. The van der Waals surface area contributed by atoms with Crippen molar-refractivity contribution in [2.24, 2.45) is 0 Å². The molecule has 2 unspecified atom stereocenters. The number of aliphatic hydroxyl groups is 1. The molecule has 0 saturated heterocycles. The molecule has 5 aromatic rings. The molecule has 3 amide bonds. The first-order chi connectivity index (χ1) is 25.3. The zero-order chi connectivity index (χ0) is 36.8. The number of rotatable bonds is 17. The van der Waals surface area contributed by atoms with E-state index in [1.807, 2.05) is 66.7 Å². The van der Waals surface area contributed by atoms with Crippen molar-refractivity contribution in [2.75, 3.05) is 11.9 Å². The number of amides is 3. The fraction of sp³-hybridized carbons (Fsp3) is 0.233. The van der Waals surface area contributed by atoms with Gasteiger partial charge in [-0.25, -0.2) is 4.79 Å². The second-order valence-corrected chi connectivity index (χ2v) is 12.9. The van der Waals surface area contributed by atoms with Crippen LogP contribution in [0.2, 0.25) is 0 Å². The van der Waals surface area contributed by atoms with Crippen molar-refractivity contribution in [3.8, 4) is 0 Å². The van der Waals surface area contributed by atoms with Gasteiger partial charge in [0, 0.05) is 12.1 Å². The molecular formula is C43H46N4O5. The molecule has 0 aliphatic rings. The molecule has 9 heteroatoms. The van der Waals surface area contributed by atoms with Gasteiger partial charge < -0.3 is 26.2 Å². The highest BCUT2D eigenvalue weighted by Gasteiger charge is 2.35. The van der Waals surface area contributed by atoms with Gasteiger partial charge in [0.15, 0.2) is 0 Å². The van der Waals surface area contributed by atoms with Crippen LogP contribution in [0, 0.1) is 6.92 Å². The first-order valence-corrected chi connectivity index (χ1v) is 17.6. The van der Waals surface area contributed by atoms with Crippen LogP contribution in [0.1, 0.15) is 52.6 Å². The molecule has 2 atom stereocenters. The number of carbonyl (C=O) groups excluding carboxylic acids is 2. The molecule has 0 saturated carbocycles. The molecule has 0 aliphatic heterocycles. The normalized spacial score (nSPS) is 12.3. The van der Waals surface area contributed by atoms with Crippen LogP contribution in [0.25, 0.3) is 0 Å². The quantitative estimate of drug-likeness (QED) is 0.0482. The topological polar surface area (TPSA) is 140 Å². The minimum absolute atomic E-state index is 0.125. The summed E-state index contributed by atoms with van der Waals surface area (Å²) >= 11 is 0. The maximum atomic E-state index is 13.7. The third-order valence-corrected chi connectivity index (χ3v) is 9.14. The van der Waals surface area contributed by atoms with E-state index in [0.717, 1.165) is 22.3 Å². The van der Waals surface area contributed by atoms with E-state index in [2.05, 4.69) is 76.7 Å². The average Bonchev–Trinajstić information content (AvgIpc) is 3.17. The second-order valence-electron chi connectivity index (χ2n) is 12.9. The van der Waals surface area contributed by atoms with Gasteiger partial charge in [0.2, 0.25) is 11.8 Å². The summed E-state index contributed by atoms with van der Waals surface area (Å²) in [4.78, 5) is 38.9. The fourth-order valence-electron chi connectivity index (χ4n) is 6.41. The molecule has 52 heavy (non-hydrogen) atoms. The van der Waals surface area contributed by atoms with Crippen molar-refractivity contribution in [1.82, 2.24) is 16.0 Å². The van der Waals surface area contributed by atoms with E-state index in [1.54, 1.807) is 24.3 Å². The number of anilines is 1. The number of carboxylic acid groups (broad SMARTS) is 1. The number of hydrogen-bond donors (Lipinski definition) is 6. The predicted octanol–water partition coefficient (Wildman–Crippen LogP) is 6.54. The average molecular weight is 699 g/mol. The number of hydrogen-bond acceptors (Lipinski definition) is 5. The van der Waals surface area contributed by atoms with Gasteiger partial charge in [-0.05, 0) is 72.7 Å². The zero-order valence-corrected chi connectivity index (χ0v) is 29.3. The van der Waals surface area contributed by atoms with Gasteiger partial charge in [-0.3, -0.25) is 14.9 Å². The summed E-state index contributed by atoms with van der Waals surface area (Å²) in [5.41, 5.74) is 5.81. The highest BCUT2D eigenvalue weighted by atomic mass is 16.4. The van der Waals surface area contributed by atoms with Gasteiger partial charge in [0.25, 0.3) is 0 Å².